The summed E-state index contributed by atoms with van der Waals surface area (Å²) in [5, 5.41) is 7.25. The molecule has 5 rings (SSSR count). The Balaban J connectivity index is 1.34. The monoisotopic (exact) mass is 382 g/mol. The molecule has 2 aromatic rings. The molecule has 2 N–H and O–H groups in total. The summed E-state index contributed by atoms with van der Waals surface area (Å²) in [6.45, 7) is 2.86. The maximum absolute atomic E-state index is 12.9. The van der Waals surface area contributed by atoms with Gasteiger partial charge >= 0.3 is 0 Å². The van der Waals surface area contributed by atoms with Gasteiger partial charge in [0.1, 0.15) is 11.5 Å². The Morgan fingerprint density at radius 3 is 2.89 bits per heavy atom. The number of aromatic nitrogens is 4. The van der Waals surface area contributed by atoms with Gasteiger partial charge < -0.3 is 14.8 Å². The van der Waals surface area contributed by atoms with Crippen molar-refractivity contribution in [1.29, 1.82) is 0 Å². The number of rotatable bonds is 3. The van der Waals surface area contributed by atoms with Gasteiger partial charge in [-0.05, 0) is 38.8 Å². The summed E-state index contributed by atoms with van der Waals surface area (Å²) < 4.78 is 0. The predicted octanol–water partition coefficient (Wildman–Crippen LogP) is 1.38. The Hall–Kier alpha value is -2.48. The third kappa shape index (κ3) is 3.26. The Morgan fingerprint density at radius 1 is 1.21 bits per heavy atom. The minimum atomic E-state index is -0.0326. The normalized spacial score (nSPS) is 22.9. The largest absolute Gasteiger partial charge is 0.337 e. The van der Waals surface area contributed by atoms with Gasteiger partial charge in [-0.1, -0.05) is 0 Å². The van der Waals surface area contributed by atoms with Crippen LogP contribution in [0.25, 0.3) is 0 Å². The number of nitrogens with zero attached hydrogens (tertiary/aromatic N) is 4. The Labute approximate surface area is 163 Å². The summed E-state index contributed by atoms with van der Waals surface area (Å²) >= 11 is 0. The summed E-state index contributed by atoms with van der Waals surface area (Å²) in [6, 6.07) is 1.90. The van der Waals surface area contributed by atoms with E-state index in [1.165, 1.54) is 12.8 Å². The van der Waals surface area contributed by atoms with E-state index in [-0.39, 0.29) is 17.4 Å². The molecule has 3 aliphatic rings. The number of amides is 1. The van der Waals surface area contributed by atoms with Gasteiger partial charge in [0.2, 0.25) is 0 Å². The van der Waals surface area contributed by atoms with E-state index >= 15 is 0 Å². The zero-order valence-electron chi connectivity index (χ0n) is 16.2. The molecule has 8 heteroatoms. The number of fused-ring (bicyclic) bond motifs is 1. The fourth-order valence-corrected chi connectivity index (χ4v) is 4.37. The molecule has 0 aromatic carbocycles. The van der Waals surface area contributed by atoms with Crippen LogP contribution in [-0.2, 0) is 13.0 Å². The van der Waals surface area contributed by atoms with Crippen LogP contribution in [0.1, 0.15) is 70.8 Å². The van der Waals surface area contributed by atoms with Crippen molar-refractivity contribution in [3.05, 3.63) is 44.9 Å². The second-order valence-electron chi connectivity index (χ2n) is 8.44. The van der Waals surface area contributed by atoms with Crippen molar-refractivity contribution in [2.24, 2.45) is 0 Å². The summed E-state index contributed by atoms with van der Waals surface area (Å²) in [5.74, 6) is 1.31. The van der Waals surface area contributed by atoms with E-state index in [0.717, 1.165) is 55.1 Å². The van der Waals surface area contributed by atoms with Gasteiger partial charge in [0.25, 0.3) is 11.5 Å². The highest BCUT2D eigenvalue weighted by Crippen LogP contribution is 2.39. The third-order valence-corrected chi connectivity index (χ3v) is 6.21. The molecule has 1 amide bonds. The van der Waals surface area contributed by atoms with Crippen molar-refractivity contribution in [2.45, 2.75) is 50.5 Å². The second kappa shape index (κ2) is 6.84. The Morgan fingerprint density at radius 2 is 2.07 bits per heavy atom. The van der Waals surface area contributed by atoms with E-state index in [4.69, 9.17) is 4.98 Å². The topological polar surface area (TPSA) is 98.0 Å². The Bertz CT molecular complexity index is 960. The third-order valence-electron chi connectivity index (χ3n) is 6.21. The first kappa shape index (κ1) is 17.6. The molecule has 0 bridgehead atoms. The molecule has 8 nitrogen and oxygen atoms in total. The van der Waals surface area contributed by atoms with Crippen LogP contribution in [0.2, 0.25) is 0 Å². The summed E-state index contributed by atoms with van der Waals surface area (Å²) in [4.78, 5) is 37.3. The van der Waals surface area contributed by atoms with Gasteiger partial charge in [0.15, 0.2) is 0 Å². The number of carbonyl (C=O) groups excluding carboxylic acids is 1. The van der Waals surface area contributed by atoms with Crippen molar-refractivity contribution in [3.8, 4) is 0 Å². The number of likely N-dealkylation sites (N-methyl/N-ethyl adjacent to an activating group) is 1. The number of H-pyrrole nitrogens is 2. The average molecular weight is 382 g/mol. The van der Waals surface area contributed by atoms with Crippen LogP contribution in [0, 0.1) is 0 Å². The molecular weight excluding hydrogens is 356 g/mol. The number of aromatic amines is 2. The van der Waals surface area contributed by atoms with E-state index in [2.05, 4.69) is 20.1 Å². The molecule has 0 radical (unpaired) electrons. The number of carbonyl (C=O) groups is 1. The van der Waals surface area contributed by atoms with Crippen molar-refractivity contribution in [2.75, 3.05) is 26.7 Å². The molecule has 4 heterocycles. The number of piperidine rings is 1. The zero-order valence-corrected chi connectivity index (χ0v) is 16.2. The number of hydrogen-bond donors (Lipinski definition) is 2. The predicted molar refractivity (Wildman–Crippen MR) is 103 cm³/mol. The molecule has 148 valence electrons. The maximum Gasteiger partial charge on any atom is 0.274 e. The minimum absolute atomic E-state index is 0.0311. The van der Waals surface area contributed by atoms with E-state index in [0.29, 0.717) is 24.7 Å². The molecule has 1 saturated carbocycles. The van der Waals surface area contributed by atoms with E-state index in [1.807, 2.05) is 18.0 Å². The summed E-state index contributed by atoms with van der Waals surface area (Å²) in [5.41, 5.74) is 3.24. The molecule has 2 fully saturated rings. The van der Waals surface area contributed by atoms with Gasteiger partial charge in [-0.25, -0.2) is 4.98 Å². The van der Waals surface area contributed by atoms with Gasteiger partial charge in [-0.15, -0.1) is 0 Å². The lowest BCUT2D eigenvalue weighted by Crippen LogP contribution is -2.41. The molecule has 2 aliphatic heterocycles. The van der Waals surface area contributed by atoms with Crippen molar-refractivity contribution >= 4 is 5.91 Å². The highest BCUT2D eigenvalue weighted by Gasteiger charge is 2.31. The quantitative estimate of drug-likeness (QED) is 0.836. The lowest BCUT2D eigenvalue weighted by Gasteiger charge is -2.32. The molecule has 2 aromatic heterocycles. The van der Waals surface area contributed by atoms with Crippen LogP contribution in [0.5, 0.6) is 0 Å². The molecule has 0 unspecified atom stereocenters. The maximum atomic E-state index is 12.9. The summed E-state index contributed by atoms with van der Waals surface area (Å²) in [7, 11) is 2.02. The molecule has 28 heavy (non-hydrogen) atoms. The van der Waals surface area contributed by atoms with Gasteiger partial charge in [-0.3, -0.25) is 14.7 Å². The van der Waals surface area contributed by atoms with Gasteiger partial charge in [-0.2, -0.15) is 5.10 Å². The SMILES string of the molecule is CN1CCc2nc([C@@H]3CCCN(C(=O)c4cc(C5CC5)[nH]n4)C3)[nH]c(=O)c2C1. The smallest absolute Gasteiger partial charge is 0.274 e. The van der Waals surface area contributed by atoms with Crippen molar-refractivity contribution in [1.82, 2.24) is 30.0 Å². The van der Waals surface area contributed by atoms with Gasteiger partial charge in [0, 0.05) is 50.1 Å². The fourth-order valence-electron chi connectivity index (χ4n) is 4.37. The van der Waals surface area contributed by atoms with Crippen LogP contribution in [0.4, 0.5) is 0 Å². The van der Waals surface area contributed by atoms with Crippen LogP contribution < -0.4 is 5.56 Å². The minimum Gasteiger partial charge on any atom is -0.337 e. The van der Waals surface area contributed by atoms with E-state index in [9.17, 15) is 9.59 Å². The first-order chi connectivity index (χ1) is 13.6. The second-order valence-corrected chi connectivity index (χ2v) is 8.44. The van der Waals surface area contributed by atoms with Crippen LogP contribution in [0.3, 0.4) is 0 Å². The van der Waals surface area contributed by atoms with E-state index < -0.39 is 0 Å². The highest BCUT2D eigenvalue weighted by molar-refractivity contribution is 5.92. The summed E-state index contributed by atoms with van der Waals surface area (Å²) in [6.07, 6.45) is 4.98. The number of nitrogens with one attached hydrogen (secondary N) is 2. The Kier molecular flexibility index (Phi) is 4.30. The first-order valence-electron chi connectivity index (χ1n) is 10.2. The van der Waals surface area contributed by atoms with E-state index in [1.54, 1.807) is 0 Å². The molecular formula is C20H26N6O2. The number of likely N-dealkylation sites (tertiary alicyclic amines) is 1. The number of hydrogen-bond acceptors (Lipinski definition) is 5. The van der Waals surface area contributed by atoms with Crippen molar-refractivity contribution in [3.63, 3.8) is 0 Å². The molecule has 1 atom stereocenters. The molecule has 1 saturated heterocycles. The van der Waals surface area contributed by atoms with Crippen molar-refractivity contribution < 1.29 is 4.79 Å². The lowest BCUT2D eigenvalue weighted by molar-refractivity contribution is 0.0698. The van der Waals surface area contributed by atoms with Gasteiger partial charge in [0.05, 0.1) is 11.3 Å². The van der Waals surface area contributed by atoms with Crippen LogP contribution in [-0.4, -0.2) is 62.6 Å². The molecule has 0 spiro atoms. The zero-order chi connectivity index (χ0) is 19.3. The van der Waals surface area contributed by atoms with Crippen LogP contribution in [0.15, 0.2) is 10.9 Å². The lowest BCUT2D eigenvalue weighted by atomic mass is 9.96. The standard InChI is InChI=1S/C20H26N6O2/c1-25-8-6-15-14(11-25)19(27)22-18(21-15)13-3-2-7-26(10-13)20(28)17-9-16(23-24-17)12-4-5-12/h9,12-13H,2-8,10-11H2,1H3,(H,23,24)(H,21,22,27)/t13-/m1/s1. The highest BCUT2D eigenvalue weighted by atomic mass is 16.2. The fraction of sp³-hybridized carbons (Fsp3) is 0.600. The average Bonchev–Trinajstić information content (AvgIpc) is 3.45. The first-order valence-corrected chi connectivity index (χ1v) is 10.2. The molecule has 1 aliphatic carbocycles. The van der Waals surface area contributed by atoms with Crippen LogP contribution >= 0.6 is 0 Å².